The maximum atomic E-state index is 8.33. The van der Waals surface area contributed by atoms with Crippen LogP contribution >= 0.6 is 0 Å². The summed E-state index contributed by atoms with van der Waals surface area (Å²) in [4.78, 5) is 23.9. The molecule has 8 nitrogen and oxygen atoms in total. The van der Waals surface area contributed by atoms with E-state index in [1.54, 1.807) is 0 Å². The molecule has 0 bridgehead atoms. The van der Waals surface area contributed by atoms with Crippen molar-refractivity contribution in [2.45, 2.75) is 75.0 Å². The average molecular weight is 903 g/mol. The molecule has 0 amide bonds. The van der Waals surface area contributed by atoms with Crippen LogP contribution in [0.15, 0.2) is 146 Å². The molecule has 3 heterocycles. The summed E-state index contributed by atoms with van der Waals surface area (Å²) in [5.41, 5.74) is 19.2. The smallest absolute Gasteiger partial charge is 0.652 e. The molecular formula is C51H56BN4O4Rh. The fourth-order valence-corrected chi connectivity index (χ4v) is 8.52. The summed E-state index contributed by atoms with van der Waals surface area (Å²) in [6, 6.07) is 46.5. The number of hydrogen-bond donors (Lipinski definition) is 0. The van der Waals surface area contributed by atoms with Crippen LogP contribution in [0.25, 0.3) is 0 Å². The fraction of sp³-hybridized carbons (Fsp3) is 0.216. The summed E-state index contributed by atoms with van der Waals surface area (Å²) in [5.74, 6) is 0. The van der Waals surface area contributed by atoms with E-state index in [0.29, 0.717) is 0 Å². The third kappa shape index (κ3) is 14.1. The molecule has 0 fully saturated rings. The number of pyridine rings is 3. The van der Waals surface area contributed by atoms with E-state index in [2.05, 4.69) is 148 Å². The number of nitrogens with zero attached hydrogens (tertiary/aromatic N) is 4. The summed E-state index contributed by atoms with van der Waals surface area (Å²) in [6.45, 7) is 20.1. The number of carbonyl (C=O) groups is 1. The Balaban J connectivity index is 0.000000308. The zero-order valence-electron chi connectivity index (χ0n) is 36.4. The van der Waals surface area contributed by atoms with Gasteiger partial charge in [-0.05, 0) is 97.9 Å². The van der Waals surface area contributed by atoms with Crippen molar-refractivity contribution in [3.8, 4) is 0 Å². The number of aryl methyl sites for hydroxylation is 8. The Kier molecular flexibility index (Phi) is 18.9. The first-order valence-electron chi connectivity index (χ1n) is 20.0. The maximum Gasteiger partial charge on any atom is 3.00 e. The molecule has 0 aliphatic carbocycles. The van der Waals surface area contributed by atoms with Gasteiger partial charge in [-0.1, -0.05) is 136 Å². The molecule has 2 N–H and O–H groups in total. The number of hydrogen-bond acceptors (Lipinski definition) is 7. The molecule has 0 atom stereocenters. The predicted molar refractivity (Wildman–Crippen MR) is 243 cm³/mol. The van der Waals surface area contributed by atoms with Crippen LogP contribution in [0.4, 0.5) is 4.79 Å². The van der Waals surface area contributed by atoms with E-state index in [1.165, 1.54) is 66.4 Å². The zero-order chi connectivity index (χ0) is 42.5. The van der Waals surface area contributed by atoms with Gasteiger partial charge >= 0.3 is 19.5 Å². The number of carbonyl (C=O) groups excluding carboxylic acids is 1. The molecule has 4 aromatic carbocycles. The van der Waals surface area contributed by atoms with Gasteiger partial charge in [-0.25, -0.2) is 0 Å². The maximum absolute atomic E-state index is 8.33. The number of aromatic nitrogens is 3. The van der Waals surface area contributed by atoms with Gasteiger partial charge < -0.3 is 20.5 Å². The van der Waals surface area contributed by atoms with Crippen molar-refractivity contribution in [2.75, 3.05) is 0 Å². The van der Waals surface area contributed by atoms with Crippen molar-refractivity contribution >= 4 is 34.2 Å². The van der Waals surface area contributed by atoms with Crippen LogP contribution in [0.1, 0.15) is 61.6 Å². The van der Waals surface area contributed by atoms with Crippen LogP contribution in [-0.2, 0) is 39.1 Å². The molecule has 316 valence electrons. The Morgan fingerprint density at radius 1 is 0.443 bits per heavy atom. The molecule has 7 aromatic rings. The Bertz CT molecular complexity index is 2070. The van der Waals surface area contributed by atoms with Gasteiger partial charge in [0.05, 0.1) is 17.1 Å². The molecular weight excluding hydrogens is 846 g/mol. The van der Waals surface area contributed by atoms with Gasteiger partial charge in [0, 0.05) is 38.2 Å². The van der Waals surface area contributed by atoms with Gasteiger partial charge in [0.25, 0.3) is 0 Å². The SMILES string of the molecule is Cc1cc(C)cc([B-](c2cc(C)cc(C)c2)(c2cc(C)cc(C)c2)c2cc(C)cc(C)c2)c1.O.O=C([O-])[O-].[Rh+3].c1ccc(CN(Cc2ccccn2)Cc2ccccn2)nc1. The van der Waals surface area contributed by atoms with Crippen LogP contribution in [0.5, 0.6) is 0 Å². The third-order valence-corrected chi connectivity index (χ3v) is 10.3. The minimum absolute atomic E-state index is 0. The van der Waals surface area contributed by atoms with Gasteiger partial charge in [-0.3, -0.25) is 19.9 Å². The van der Waals surface area contributed by atoms with E-state index in [0.717, 1.165) is 36.7 Å². The molecule has 61 heavy (non-hydrogen) atoms. The van der Waals surface area contributed by atoms with Gasteiger partial charge in [-0.2, -0.15) is 21.9 Å². The first-order chi connectivity index (χ1) is 28.2. The van der Waals surface area contributed by atoms with Crippen molar-refractivity contribution in [3.05, 3.63) is 208 Å². The molecule has 0 saturated heterocycles. The molecule has 0 spiro atoms. The van der Waals surface area contributed by atoms with Crippen LogP contribution in [0.3, 0.4) is 0 Å². The summed E-state index contributed by atoms with van der Waals surface area (Å²) in [5, 5.41) is 16.7. The van der Waals surface area contributed by atoms with Crippen molar-refractivity contribution in [3.63, 3.8) is 0 Å². The van der Waals surface area contributed by atoms with Crippen molar-refractivity contribution in [1.82, 2.24) is 19.9 Å². The minimum atomic E-state index is -2.33. The van der Waals surface area contributed by atoms with E-state index in [-0.39, 0.29) is 25.0 Å². The van der Waals surface area contributed by atoms with Crippen LogP contribution in [0, 0.1) is 55.4 Å². The van der Waals surface area contributed by atoms with Crippen molar-refractivity contribution < 1.29 is 40.0 Å². The first kappa shape index (κ1) is 49.6. The van der Waals surface area contributed by atoms with E-state index in [9.17, 15) is 0 Å². The van der Waals surface area contributed by atoms with Crippen LogP contribution in [-0.4, -0.2) is 37.6 Å². The van der Waals surface area contributed by atoms with Gasteiger partial charge in [0.2, 0.25) is 0 Å². The summed E-state index contributed by atoms with van der Waals surface area (Å²) in [6.07, 6.45) is 1.78. The van der Waals surface area contributed by atoms with E-state index in [4.69, 9.17) is 15.0 Å². The average Bonchev–Trinajstić information content (AvgIpc) is 3.15. The Morgan fingerprint density at radius 3 is 0.836 bits per heavy atom. The Labute approximate surface area is 374 Å². The van der Waals surface area contributed by atoms with E-state index >= 15 is 0 Å². The normalized spacial score (nSPS) is 10.6. The first-order valence-corrected chi connectivity index (χ1v) is 20.0. The second kappa shape index (κ2) is 23.3. The van der Waals surface area contributed by atoms with E-state index < -0.39 is 12.3 Å². The minimum Gasteiger partial charge on any atom is -0.652 e. The zero-order valence-corrected chi connectivity index (χ0v) is 38.0. The van der Waals surface area contributed by atoms with Gasteiger partial charge in [0.1, 0.15) is 6.15 Å². The third-order valence-electron chi connectivity index (χ3n) is 10.3. The number of rotatable bonds is 10. The van der Waals surface area contributed by atoms with Crippen molar-refractivity contribution in [2.24, 2.45) is 0 Å². The standard InChI is InChI=1S/C32H36B.C18H18N4.CH2O3.H2O.Rh/c1-21-9-22(2)14-29(13-21)33(30-15-23(3)10-24(4)16-30,31-17-25(5)11-26(6)18-31)32-19-27(7)12-28(8)20-32;1-4-10-19-16(7-1)13-22(14-17-8-2-5-11-20-17)15-18-9-3-6-12-21-18;2-1(3)4;;/h9-20H,1-8H3;1-12H,13-15H2;(H2,2,3,4);1H2;/q-1;;;;+3/p-2. The molecule has 10 heteroatoms. The fourth-order valence-electron chi connectivity index (χ4n) is 8.52. The largest absolute Gasteiger partial charge is 3.00 e. The molecule has 3 aromatic heterocycles. The van der Waals surface area contributed by atoms with Crippen LogP contribution < -0.4 is 32.1 Å². The van der Waals surface area contributed by atoms with Crippen LogP contribution in [0.2, 0.25) is 0 Å². The quantitative estimate of drug-likeness (QED) is 0.169. The van der Waals surface area contributed by atoms with Crippen molar-refractivity contribution in [1.29, 1.82) is 0 Å². The van der Waals surface area contributed by atoms with E-state index in [1.807, 2.05) is 73.2 Å². The summed E-state index contributed by atoms with van der Waals surface area (Å²) < 4.78 is 0. The molecule has 0 aliphatic heterocycles. The second-order valence-electron chi connectivity index (χ2n) is 15.9. The monoisotopic (exact) mass is 902 g/mol. The predicted octanol–water partition coefficient (Wildman–Crippen LogP) is 5.33. The number of carboxylic acid groups (broad SMARTS) is 2. The molecule has 0 unspecified atom stereocenters. The number of benzene rings is 4. The molecule has 0 radical (unpaired) electrons. The molecule has 0 saturated carbocycles. The van der Waals surface area contributed by atoms with Gasteiger partial charge in [-0.15, -0.1) is 0 Å². The summed E-state index contributed by atoms with van der Waals surface area (Å²) >= 11 is 0. The molecule has 7 rings (SSSR count). The Hall–Kier alpha value is -5.79. The topological polar surface area (TPSA) is 137 Å². The summed E-state index contributed by atoms with van der Waals surface area (Å²) in [7, 11) is 0. The second-order valence-corrected chi connectivity index (χ2v) is 15.9. The molecule has 0 aliphatic rings. The van der Waals surface area contributed by atoms with Gasteiger partial charge in [0.15, 0.2) is 0 Å². The Morgan fingerprint density at radius 2 is 0.656 bits per heavy atom.